The Morgan fingerprint density at radius 1 is 1.23 bits per heavy atom. The van der Waals surface area contributed by atoms with Crippen molar-refractivity contribution in [2.75, 3.05) is 5.32 Å². The summed E-state index contributed by atoms with van der Waals surface area (Å²) in [5, 5.41) is 14.6. The number of carbonyl (C=O) groups is 1. The summed E-state index contributed by atoms with van der Waals surface area (Å²) in [6, 6.07) is 7.88. The average Bonchev–Trinajstić information content (AvgIpc) is 2.50. The number of hydrogen-bond acceptors (Lipinski definition) is 4. The van der Waals surface area contributed by atoms with Crippen LogP contribution in [0.3, 0.4) is 0 Å². The molecule has 116 valence electrons. The van der Waals surface area contributed by atoms with Crippen LogP contribution in [-0.4, -0.2) is 28.2 Å². The molecule has 2 aromatic rings. The molecule has 6 nitrogen and oxygen atoms in total. The smallest absolute Gasteiger partial charge is 0.272 e. The number of aromatic nitrogens is 2. The summed E-state index contributed by atoms with van der Waals surface area (Å²) in [6.45, 7) is 1.55. The minimum Gasteiger partial charge on any atom is -0.365 e. The number of hydrogen-bond donors (Lipinski definition) is 3. The molecule has 6 heteroatoms. The van der Waals surface area contributed by atoms with Gasteiger partial charge in [0.25, 0.3) is 5.56 Å². The van der Waals surface area contributed by atoms with Gasteiger partial charge in [-0.3, -0.25) is 9.59 Å². The summed E-state index contributed by atoms with van der Waals surface area (Å²) in [5.41, 5.74) is -0.180. The second-order valence-electron chi connectivity index (χ2n) is 5.85. The summed E-state index contributed by atoms with van der Waals surface area (Å²) in [6.07, 6.45) is 3.97. The number of fused-ring (bicyclic) bond motifs is 1. The molecular weight excluding hydrogens is 280 g/mol. The Kier molecular flexibility index (Phi) is 4.09. The molecule has 2 unspecified atom stereocenters. The summed E-state index contributed by atoms with van der Waals surface area (Å²) in [4.78, 5) is 23.0. The SMILES string of the molecule is CC(=O)NC1CCCC(Nc2n[nH]c(=O)c3ccccc23)C1. The Bertz CT molecular complexity index is 740. The average molecular weight is 300 g/mol. The van der Waals surface area contributed by atoms with Gasteiger partial charge in [-0.2, -0.15) is 5.10 Å². The van der Waals surface area contributed by atoms with E-state index >= 15 is 0 Å². The first-order chi connectivity index (χ1) is 10.6. The second-order valence-corrected chi connectivity index (χ2v) is 5.85. The fraction of sp³-hybridized carbons (Fsp3) is 0.438. The van der Waals surface area contributed by atoms with Gasteiger partial charge in [-0.25, -0.2) is 5.10 Å². The van der Waals surface area contributed by atoms with Gasteiger partial charge >= 0.3 is 0 Å². The van der Waals surface area contributed by atoms with Crippen molar-refractivity contribution in [1.82, 2.24) is 15.5 Å². The van der Waals surface area contributed by atoms with Crippen LogP contribution < -0.4 is 16.2 Å². The van der Waals surface area contributed by atoms with Gasteiger partial charge in [0.05, 0.1) is 5.39 Å². The molecule has 3 rings (SSSR count). The van der Waals surface area contributed by atoms with Crippen LogP contribution in [0.15, 0.2) is 29.1 Å². The van der Waals surface area contributed by atoms with Gasteiger partial charge in [0, 0.05) is 24.4 Å². The molecule has 3 N–H and O–H groups in total. The van der Waals surface area contributed by atoms with E-state index in [9.17, 15) is 9.59 Å². The lowest BCUT2D eigenvalue weighted by atomic mass is 9.91. The molecule has 0 bridgehead atoms. The highest BCUT2D eigenvalue weighted by Crippen LogP contribution is 2.24. The Morgan fingerprint density at radius 2 is 1.95 bits per heavy atom. The molecule has 1 fully saturated rings. The number of amides is 1. The van der Waals surface area contributed by atoms with E-state index in [-0.39, 0.29) is 23.6 Å². The first-order valence-corrected chi connectivity index (χ1v) is 7.64. The van der Waals surface area contributed by atoms with Crippen LogP contribution in [0.4, 0.5) is 5.82 Å². The van der Waals surface area contributed by atoms with Crippen molar-refractivity contribution in [1.29, 1.82) is 0 Å². The van der Waals surface area contributed by atoms with Gasteiger partial charge in [-0.1, -0.05) is 18.2 Å². The number of benzene rings is 1. The zero-order valence-corrected chi connectivity index (χ0v) is 12.6. The third kappa shape index (κ3) is 3.10. The van der Waals surface area contributed by atoms with Crippen LogP contribution in [-0.2, 0) is 4.79 Å². The summed E-state index contributed by atoms with van der Waals surface area (Å²) in [7, 11) is 0. The Hall–Kier alpha value is -2.37. The molecule has 1 amide bonds. The van der Waals surface area contributed by atoms with Crippen molar-refractivity contribution in [3.63, 3.8) is 0 Å². The van der Waals surface area contributed by atoms with Crippen LogP contribution in [0, 0.1) is 0 Å². The number of aromatic amines is 1. The molecular formula is C16H20N4O2. The molecule has 1 aromatic carbocycles. The molecule has 1 heterocycles. The van der Waals surface area contributed by atoms with Crippen molar-refractivity contribution < 1.29 is 4.79 Å². The van der Waals surface area contributed by atoms with Crippen molar-refractivity contribution in [2.24, 2.45) is 0 Å². The lowest BCUT2D eigenvalue weighted by molar-refractivity contribution is -0.119. The first kappa shape index (κ1) is 14.6. The van der Waals surface area contributed by atoms with Crippen molar-refractivity contribution >= 4 is 22.5 Å². The number of rotatable bonds is 3. The van der Waals surface area contributed by atoms with Gasteiger partial charge in [0.1, 0.15) is 0 Å². The quantitative estimate of drug-likeness (QED) is 0.806. The first-order valence-electron chi connectivity index (χ1n) is 7.64. The van der Waals surface area contributed by atoms with E-state index in [1.807, 2.05) is 18.2 Å². The van der Waals surface area contributed by atoms with Crippen molar-refractivity contribution in [2.45, 2.75) is 44.7 Å². The van der Waals surface area contributed by atoms with E-state index in [1.54, 1.807) is 13.0 Å². The standard InChI is InChI=1S/C16H20N4O2/c1-10(21)17-11-5-4-6-12(9-11)18-15-13-7-2-3-8-14(13)16(22)20-19-15/h2-3,7-8,11-12H,4-6,9H2,1H3,(H,17,21)(H,18,19)(H,20,22). The molecule has 22 heavy (non-hydrogen) atoms. The highest BCUT2D eigenvalue weighted by atomic mass is 16.1. The molecule has 0 radical (unpaired) electrons. The largest absolute Gasteiger partial charge is 0.365 e. The van der Waals surface area contributed by atoms with E-state index in [0.717, 1.165) is 31.1 Å². The third-order valence-electron chi connectivity index (χ3n) is 4.12. The second kappa shape index (κ2) is 6.17. The molecule has 1 saturated carbocycles. The van der Waals surface area contributed by atoms with Gasteiger partial charge in [-0.15, -0.1) is 0 Å². The van der Waals surface area contributed by atoms with Gasteiger partial charge in [-0.05, 0) is 31.7 Å². The summed E-state index contributed by atoms with van der Waals surface area (Å²) in [5.74, 6) is 0.710. The predicted molar refractivity (Wildman–Crippen MR) is 85.8 cm³/mol. The van der Waals surface area contributed by atoms with Crippen molar-refractivity contribution in [3.05, 3.63) is 34.6 Å². The predicted octanol–water partition coefficient (Wildman–Crippen LogP) is 1.78. The van der Waals surface area contributed by atoms with Crippen LogP contribution in [0.1, 0.15) is 32.6 Å². The lowest BCUT2D eigenvalue weighted by Gasteiger charge is -2.30. The maximum absolute atomic E-state index is 11.8. The lowest BCUT2D eigenvalue weighted by Crippen LogP contribution is -2.41. The highest BCUT2D eigenvalue weighted by Gasteiger charge is 2.23. The normalized spacial score (nSPS) is 21.5. The third-order valence-corrected chi connectivity index (χ3v) is 4.12. The van der Waals surface area contributed by atoms with Crippen LogP contribution in [0.5, 0.6) is 0 Å². The van der Waals surface area contributed by atoms with E-state index in [2.05, 4.69) is 20.8 Å². The van der Waals surface area contributed by atoms with Gasteiger partial charge in [0.2, 0.25) is 5.91 Å². The molecule has 0 aliphatic heterocycles. The van der Waals surface area contributed by atoms with Crippen LogP contribution in [0.2, 0.25) is 0 Å². The summed E-state index contributed by atoms with van der Waals surface area (Å²) < 4.78 is 0. The van der Waals surface area contributed by atoms with Gasteiger partial charge < -0.3 is 10.6 Å². The van der Waals surface area contributed by atoms with E-state index < -0.39 is 0 Å². The maximum Gasteiger partial charge on any atom is 0.272 e. The Balaban J connectivity index is 1.80. The molecule has 1 aliphatic carbocycles. The number of nitrogens with one attached hydrogen (secondary N) is 3. The minimum atomic E-state index is -0.180. The van der Waals surface area contributed by atoms with Crippen LogP contribution in [0.25, 0.3) is 10.8 Å². The van der Waals surface area contributed by atoms with E-state index in [4.69, 9.17) is 0 Å². The van der Waals surface area contributed by atoms with Crippen molar-refractivity contribution in [3.8, 4) is 0 Å². The van der Waals surface area contributed by atoms with E-state index in [1.165, 1.54) is 0 Å². The fourth-order valence-corrected chi connectivity index (χ4v) is 3.16. The number of H-pyrrole nitrogens is 1. The zero-order chi connectivity index (χ0) is 15.5. The zero-order valence-electron chi connectivity index (χ0n) is 12.6. The number of carbonyl (C=O) groups excluding carboxylic acids is 1. The molecule has 0 spiro atoms. The van der Waals surface area contributed by atoms with Crippen LogP contribution >= 0.6 is 0 Å². The Morgan fingerprint density at radius 3 is 2.73 bits per heavy atom. The maximum atomic E-state index is 11.8. The molecule has 1 aliphatic rings. The van der Waals surface area contributed by atoms with Gasteiger partial charge in [0.15, 0.2) is 5.82 Å². The highest BCUT2D eigenvalue weighted by molar-refractivity contribution is 5.90. The molecule has 2 atom stereocenters. The number of anilines is 1. The topological polar surface area (TPSA) is 86.9 Å². The molecule has 0 saturated heterocycles. The molecule has 1 aromatic heterocycles. The fourth-order valence-electron chi connectivity index (χ4n) is 3.16. The monoisotopic (exact) mass is 300 g/mol. The number of nitrogens with zero attached hydrogens (tertiary/aromatic N) is 1. The Labute approximate surface area is 128 Å². The van der Waals surface area contributed by atoms with E-state index in [0.29, 0.717) is 11.2 Å². The minimum absolute atomic E-state index is 0.0123. The summed E-state index contributed by atoms with van der Waals surface area (Å²) >= 11 is 0.